The molecule has 0 spiro atoms. The minimum Gasteiger partial charge on any atom is -0.481 e. The van der Waals surface area contributed by atoms with E-state index in [0.29, 0.717) is 0 Å². The van der Waals surface area contributed by atoms with Crippen molar-refractivity contribution in [1.29, 1.82) is 0 Å². The summed E-state index contributed by atoms with van der Waals surface area (Å²) < 4.78 is 0. The lowest BCUT2D eigenvalue weighted by Gasteiger charge is -2.19. The van der Waals surface area contributed by atoms with E-state index in [-0.39, 0.29) is 12.3 Å². The van der Waals surface area contributed by atoms with Crippen LogP contribution in [0.1, 0.15) is 23.5 Å². The molecule has 0 aromatic heterocycles. The van der Waals surface area contributed by atoms with Crippen LogP contribution in [0.2, 0.25) is 13.1 Å². The summed E-state index contributed by atoms with van der Waals surface area (Å²) in [5.74, 6) is -0.817. The summed E-state index contributed by atoms with van der Waals surface area (Å²) in [6.07, 6.45) is 2.24. The van der Waals surface area contributed by atoms with Crippen LogP contribution < -0.4 is 0 Å². The Labute approximate surface area is 139 Å². The fourth-order valence-electron chi connectivity index (χ4n) is 2.74. The number of allylic oxidation sites excluding steroid dienone is 1. The Morgan fingerprint density at radius 3 is 2.17 bits per heavy atom. The summed E-state index contributed by atoms with van der Waals surface area (Å²) in [5.41, 5.74) is 4.71. The van der Waals surface area contributed by atoms with Gasteiger partial charge in [-0.3, -0.25) is 4.79 Å². The third-order valence-electron chi connectivity index (χ3n) is 3.90. The molecule has 0 fully saturated rings. The molecule has 2 rings (SSSR count). The molecular weight excluding hydrogens is 300 g/mol. The highest BCUT2D eigenvalue weighted by Gasteiger charge is 2.19. The quantitative estimate of drug-likeness (QED) is 0.741. The van der Waals surface area contributed by atoms with Crippen molar-refractivity contribution in [3.8, 4) is 0 Å². The van der Waals surface area contributed by atoms with Crippen LogP contribution in [0.25, 0.3) is 0 Å². The van der Waals surface area contributed by atoms with Crippen molar-refractivity contribution >= 4 is 14.0 Å². The number of carboxylic acids is 1. The van der Waals surface area contributed by atoms with Gasteiger partial charge in [0.25, 0.3) is 0 Å². The third-order valence-corrected chi connectivity index (χ3v) is 6.32. The zero-order chi connectivity index (χ0) is 16.7. The van der Waals surface area contributed by atoms with E-state index >= 15 is 0 Å². The number of rotatable bonds is 7. The van der Waals surface area contributed by atoms with Gasteiger partial charge in [0.15, 0.2) is 0 Å². The normalized spacial score (nSPS) is 13.1. The minimum atomic E-state index is -1.56. The number of carboxylic acid groups (broad SMARTS) is 1. The van der Waals surface area contributed by atoms with Gasteiger partial charge in [0, 0.05) is 5.92 Å². The van der Waals surface area contributed by atoms with Gasteiger partial charge in [-0.05, 0) is 11.6 Å². The summed E-state index contributed by atoms with van der Waals surface area (Å²) >= 11 is 0. The average molecular weight is 324 g/mol. The molecule has 0 amide bonds. The van der Waals surface area contributed by atoms with Crippen molar-refractivity contribution in [2.24, 2.45) is 0 Å². The maximum atomic E-state index is 11.2. The third kappa shape index (κ3) is 5.87. The zero-order valence-corrected chi connectivity index (χ0v) is 14.8. The SMILES string of the molecule is C[Si](C)(/C=C\C(CC(=O)O)c1ccccc1)Cc1ccccc1. The molecule has 2 aromatic carbocycles. The fraction of sp³-hybridized carbons (Fsp3) is 0.250. The Morgan fingerprint density at radius 2 is 1.61 bits per heavy atom. The first-order valence-electron chi connectivity index (χ1n) is 7.96. The van der Waals surface area contributed by atoms with Crippen molar-refractivity contribution in [3.63, 3.8) is 0 Å². The van der Waals surface area contributed by atoms with Gasteiger partial charge in [-0.1, -0.05) is 91.1 Å². The van der Waals surface area contributed by atoms with Gasteiger partial charge < -0.3 is 5.11 Å². The Balaban J connectivity index is 2.14. The second-order valence-electron chi connectivity index (χ2n) is 6.63. The van der Waals surface area contributed by atoms with Gasteiger partial charge in [0.2, 0.25) is 0 Å². The Kier molecular flexibility index (Phi) is 5.94. The van der Waals surface area contributed by atoms with Gasteiger partial charge in [-0.15, -0.1) is 0 Å². The predicted molar refractivity (Wildman–Crippen MR) is 98.2 cm³/mol. The Morgan fingerprint density at radius 1 is 1.04 bits per heavy atom. The number of hydrogen-bond acceptors (Lipinski definition) is 1. The summed E-state index contributed by atoms with van der Waals surface area (Å²) in [6, 6.07) is 21.5. The molecular formula is C20H24O2Si. The maximum absolute atomic E-state index is 11.2. The van der Waals surface area contributed by atoms with E-state index in [1.54, 1.807) is 0 Å². The van der Waals surface area contributed by atoms with Gasteiger partial charge in [-0.2, -0.15) is 0 Å². The highest BCUT2D eigenvalue weighted by atomic mass is 28.3. The predicted octanol–water partition coefficient (Wildman–Crippen LogP) is 4.83. The van der Waals surface area contributed by atoms with Gasteiger partial charge >= 0.3 is 5.97 Å². The average Bonchev–Trinajstić information content (AvgIpc) is 2.52. The molecule has 0 aliphatic rings. The van der Waals surface area contributed by atoms with Crippen LogP contribution in [0.3, 0.4) is 0 Å². The van der Waals surface area contributed by atoms with E-state index in [1.165, 1.54) is 5.56 Å². The standard InChI is InChI=1S/C20H24O2Si/c1-23(2,16-17-9-5-3-6-10-17)14-13-19(15-20(21)22)18-11-7-4-8-12-18/h3-14,19H,15-16H2,1-2H3,(H,21,22)/b14-13-. The first-order valence-corrected chi connectivity index (χ1v) is 11.2. The molecule has 0 bridgehead atoms. The van der Waals surface area contributed by atoms with Crippen LogP contribution in [0.5, 0.6) is 0 Å². The smallest absolute Gasteiger partial charge is 0.304 e. The molecule has 0 aliphatic heterocycles. The second kappa shape index (κ2) is 7.93. The molecule has 2 aromatic rings. The summed E-state index contributed by atoms with van der Waals surface area (Å²) in [4.78, 5) is 11.2. The highest BCUT2D eigenvalue weighted by molar-refractivity contribution is 6.81. The van der Waals surface area contributed by atoms with Gasteiger partial charge in [-0.25, -0.2) is 0 Å². The molecule has 23 heavy (non-hydrogen) atoms. The van der Waals surface area contributed by atoms with E-state index in [1.807, 2.05) is 36.4 Å². The number of carbonyl (C=O) groups is 1. The lowest BCUT2D eigenvalue weighted by molar-refractivity contribution is -0.137. The summed E-state index contributed by atoms with van der Waals surface area (Å²) in [7, 11) is -1.56. The molecule has 120 valence electrons. The molecule has 1 unspecified atom stereocenters. The maximum Gasteiger partial charge on any atom is 0.304 e. The van der Waals surface area contributed by atoms with E-state index in [0.717, 1.165) is 11.6 Å². The molecule has 0 saturated carbocycles. The fourth-order valence-corrected chi connectivity index (χ4v) is 4.90. The molecule has 1 atom stereocenters. The second-order valence-corrected chi connectivity index (χ2v) is 11.3. The van der Waals surface area contributed by atoms with E-state index < -0.39 is 14.0 Å². The van der Waals surface area contributed by atoms with Gasteiger partial charge in [0.05, 0.1) is 14.5 Å². The minimum absolute atomic E-state index is 0.0590. The zero-order valence-electron chi connectivity index (χ0n) is 13.8. The lowest BCUT2D eigenvalue weighted by Crippen LogP contribution is -2.27. The molecule has 1 N–H and O–H groups in total. The van der Waals surface area contributed by atoms with E-state index in [4.69, 9.17) is 0 Å². The van der Waals surface area contributed by atoms with Crippen molar-refractivity contribution in [2.75, 3.05) is 0 Å². The van der Waals surface area contributed by atoms with Crippen molar-refractivity contribution in [3.05, 3.63) is 83.6 Å². The largest absolute Gasteiger partial charge is 0.481 e. The van der Waals surface area contributed by atoms with E-state index in [2.05, 4.69) is 49.1 Å². The first kappa shape index (κ1) is 17.2. The number of hydrogen-bond donors (Lipinski definition) is 1. The topological polar surface area (TPSA) is 37.3 Å². The molecule has 0 saturated heterocycles. The molecule has 0 radical (unpaired) electrons. The Bertz CT molecular complexity index is 648. The van der Waals surface area contributed by atoms with Gasteiger partial charge in [0.1, 0.15) is 0 Å². The van der Waals surface area contributed by atoms with Crippen LogP contribution in [-0.2, 0) is 10.8 Å². The summed E-state index contributed by atoms with van der Waals surface area (Å²) in [6.45, 7) is 4.64. The number of benzene rings is 2. The van der Waals surface area contributed by atoms with Crippen LogP contribution in [-0.4, -0.2) is 19.1 Å². The van der Waals surface area contributed by atoms with Crippen LogP contribution in [0.4, 0.5) is 0 Å². The van der Waals surface area contributed by atoms with Crippen LogP contribution in [0.15, 0.2) is 72.4 Å². The Hall–Kier alpha value is -2.13. The van der Waals surface area contributed by atoms with Crippen molar-refractivity contribution in [2.45, 2.75) is 31.5 Å². The summed E-state index contributed by atoms with van der Waals surface area (Å²) in [5, 5.41) is 9.19. The molecule has 2 nitrogen and oxygen atoms in total. The highest BCUT2D eigenvalue weighted by Crippen LogP contribution is 2.23. The monoisotopic (exact) mass is 324 g/mol. The van der Waals surface area contributed by atoms with Crippen LogP contribution in [0, 0.1) is 0 Å². The van der Waals surface area contributed by atoms with Crippen molar-refractivity contribution in [1.82, 2.24) is 0 Å². The lowest BCUT2D eigenvalue weighted by atomic mass is 9.96. The van der Waals surface area contributed by atoms with E-state index in [9.17, 15) is 9.90 Å². The first-order chi connectivity index (χ1) is 11.0. The molecule has 0 aliphatic carbocycles. The molecule has 3 heteroatoms. The number of aliphatic carboxylic acids is 1. The molecule has 0 heterocycles. The van der Waals surface area contributed by atoms with Crippen molar-refractivity contribution < 1.29 is 9.90 Å². The van der Waals surface area contributed by atoms with Crippen LogP contribution >= 0.6 is 0 Å².